The van der Waals surface area contributed by atoms with Gasteiger partial charge in [-0.25, -0.2) is 8.78 Å². The van der Waals surface area contributed by atoms with E-state index in [2.05, 4.69) is 5.32 Å². The van der Waals surface area contributed by atoms with E-state index in [1.807, 2.05) is 0 Å². The number of hydrogen-bond acceptors (Lipinski definition) is 2. The van der Waals surface area contributed by atoms with Crippen molar-refractivity contribution in [2.75, 3.05) is 6.54 Å². The molecule has 22 heavy (non-hydrogen) atoms. The van der Waals surface area contributed by atoms with E-state index in [-0.39, 0.29) is 12.4 Å². The molecular weight excluding hydrogens is 288 g/mol. The number of halogens is 2. The Balaban J connectivity index is 1.86. The monoisotopic (exact) mass is 303 g/mol. The summed E-state index contributed by atoms with van der Waals surface area (Å²) in [6, 6.07) is 11.2. The number of carbonyl (C=O) groups is 1. The molecule has 3 nitrogen and oxygen atoms in total. The van der Waals surface area contributed by atoms with Crippen molar-refractivity contribution in [3.63, 3.8) is 0 Å². The van der Waals surface area contributed by atoms with Gasteiger partial charge in [-0.3, -0.25) is 4.79 Å². The van der Waals surface area contributed by atoms with E-state index in [4.69, 9.17) is 0 Å². The highest BCUT2D eigenvalue weighted by atomic mass is 19.1. The molecule has 1 atom stereocenters. The second-order valence-corrected chi connectivity index (χ2v) is 4.70. The van der Waals surface area contributed by atoms with Gasteiger partial charge in [0, 0.05) is 12.6 Å². The standard InChI is InChI=1S/C17H15F2NO2/c18-14-7-5-13(6-8-14)16(21)11-20-17(22)9-4-12-2-1-3-15(19)10-12/h1-10,16,21H,11H2,(H,20,22)/b9-4+. The van der Waals surface area contributed by atoms with E-state index < -0.39 is 17.8 Å². The van der Waals surface area contributed by atoms with E-state index in [0.717, 1.165) is 0 Å². The summed E-state index contributed by atoms with van der Waals surface area (Å²) >= 11 is 0. The lowest BCUT2D eigenvalue weighted by atomic mass is 10.1. The minimum atomic E-state index is -0.924. The van der Waals surface area contributed by atoms with Crippen LogP contribution in [0.1, 0.15) is 17.2 Å². The zero-order valence-corrected chi connectivity index (χ0v) is 11.7. The van der Waals surface area contributed by atoms with E-state index in [1.54, 1.807) is 12.1 Å². The van der Waals surface area contributed by atoms with Crippen LogP contribution in [0.5, 0.6) is 0 Å². The molecule has 1 amide bonds. The van der Waals surface area contributed by atoms with Crippen LogP contribution >= 0.6 is 0 Å². The van der Waals surface area contributed by atoms with Crippen LogP contribution in [-0.4, -0.2) is 17.6 Å². The molecule has 0 heterocycles. The summed E-state index contributed by atoms with van der Waals surface area (Å²) in [5.74, 6) is -1.18. The third-order valence-electron chi connectivity index (χ3n) is 3.00. The molecule has 2 rings (SSSR count). The second-order valence-electron chi connectivity index (χ2n) is 4.70. The average Bonchev–Trinajstić information content (AvgIpc) is 2.51. The second kappa shape index (κ2) is 7.47. The van der Waals surface area contributed by atoms with Gasteiger partial charge in [0.2, 0.25) is 5.91 Å². The van der Waals surface area contributed by atoms with Gasteiger partial charge in [-0.1, -0.05) is 24.3 Å². The Morgan fingerprint density at radius 2 is 1.86 bits per heavy atom. The van der Waals surface area contributed by atoms with Crippen molar-refractivity contribution in [1.82, 2.24) is 5.32 Å². The van der Waals surface area contributed by atoms with Gasteiger partial charge in [0.1, 0.15) is 11.6 Å². The topological polar surface area (TPSA) is 49.3 Å². The third-order valence-corrected chi connectivity index (χ3v) is 3.00. The Bertz CT molecular complexity index is 669. The molecule has 2 aromatic rings. The van der Waals surface area contributed by atoms with Crippen molar-refractivity contribution in [2.24, 2.45) is 0 Å². The molecule has 0 saturated carbocycles. The molecule has 0 radical (unpaired) electrons. The molecule has 0 aromatic heterocycles. The summed E-state index contributed by atoms with van der Waals surface area (Å²) in [5.41, 5.74) is 1.07. The fourth-order valence-corrected chi connectivity index (χ4v) is 1.84. The van der Waals surface area contributed by atoms with Crippen molar-refractivity contribution >= 4 is 12.0 Å². The van der Waals surface area contributed by atoms with Crippen molar-refractivity contribution in [2.45, 2.75) is 6.10 Å². The van der Waals surface area contributed by atoms with Crippen LogP contribution in [0.2, 0.25) is 0 Å². The van der Waals surface area contributed by atoms with Gasteiger partial charge < -0.3 is 10.4 Å². The molecule has 114 valence electrons. The fraction of sp³-hybridized carbons (Fsp3) is 0.118. The number of rotatable bonds is 5. The summed E-state index contributed by atoms with van der Waals surface area (Å²) in [6.07, 6.45) is 1.81. The minimum absolute atomic E-state index is 0.00203. The first-order valence-electron chi connectivity index (χ1n) is 6.69. The molecule has 0 aliphatic carbocycles. The van der Waals surface area contributed by atoms with Crippen molar-refractivity contribution in [3.05, 3.63) is 77.4 Å². The highest BCUT2D eigenvalue weighted by Gasteiger charge is 2.08. The molecule has 0 saturated heterocycles. The number of benzene rings is 2. The van der Waals surface area contributed by atoms with E-state index >= 15 is 0 Å². The summed E-state index contributed by atoms with van der Waals surface area (Å²) in [5, 5.41) is 12.4. The fourth-order valence-electron chi connectivity index (χ4n) is 1.84. The van der Waals surface area contributed by atoms with Crippen molar-refractivity contribution in [1.29, 1.82) is 0 Å². The molecule has 0 fully saturated rings. The Hall–Kier alpha value is -2.53. The molecular formula is C17H15F2NO2. The minimum Gasteiger partial charge on any atom is -0.387 e. The lowest BCUT2D eigenvalue weighted by molar-refractivity contribution is -0.116. The van der Waals surface area contributed by atoms with Crippen LogP contribution < -0.4 is 5.32 Å². The quantitative estimate of drug-likeness (QED) is 0.835. The largest absolute Gasteiger partial charge is 0.387 e. The maximum Gasteiger partial charge on any atom is 0.244 e. The van der Waals surface area contributed by atoms with Gasteiger partial charge in [-0.2, -0.15) is 0 Å². The summed E-state index contributed by atoms with van der Waals surface area (Å²) in [7, 11) is 0. The number of nitrogens with one attached hydrogen (secondary N) is 1. The Morgan fingerprint density at radius 3 is 2.55 bits per heavy atom. The Morgan fingerprint density at radius 1 is 1.14 bits per heavy atom. The lowest BCUT2D eigenvalue weighted by Crippen LogP contribution is -2.26. The maximum absolute atomic E-state index is 13.0. The van der Waals surface area contributed by atoms with Crippen molar-refractivity contribution < 1.29 is 18.7 Å². The SMILES string of the molecule is O=C(/C=C/c1cccc(F)c1)NCC(O)c1ccc(F)cc1. The van der Waals surface area contributed by atoms with E-state index in [9.17, 15) is 18.7 Å². The van der Waals surface area contributed by atoms with Gasteiger partial charge in [-0.15, -0.1) is 0 Å². The lowest BCUT2D eigenvalue weighted by Gasteiger charge is -2.11. The van der Waals surface area contributed by atoms with Gasteiger partial charge in [0.15, 0.2) is 0 Å². The molecule has 0 aliphatic rings. The summed E-state index contributed by atoms with van der Waals surface area (Å²) in [4.78, 5) is 11.6. The first-order valence-corrected chi connectivity index (χ1v) is 6.69. The first-order chi connectivity index (χ1) is 10.5. The van der Waals surface area contributed by atoms with Gasteiger partial charge in [0.25, 0.3) is 0 Å². The molecule has 0 aliphatic heterocycles. The predicted molar refractivity (Wildman–Crippen MR) is 79.8 cm³/mol. The zero-order chi connectivity index (χ0) is 15.9. The highest BCUT2D eigenvalue weighted by Crippen LogP contribution is 2.12. The third kappa shape index (κ3) is 4.79. The average molecular weight is 303 g/mol. The number of carbonyl (C=O) groups excluding carboxylic acids is 1. The van der Waals surface area contributed by atoms with Crippen LogP contribution in [0.4, 0.5) is 8.78 Å². The number of aliphatic hydroxyl groups excluding tert-OH is 1. The normalized spacial score (nSPS) is 12.3. The molecule has 5 heteroatoms. The van der Waals surface area contributed by atoms with Gasteiger partial charge in [-0.05, 0) is 41.5 Å². The molecule has 0 bridgehead atoms. The molecule has 2 aromatic carbocycles. The van der Waals surface area contributed by atoms with Crippen LogP contribution in [0.3, 0.4) is 0 Å². The molecule has 0 spiro atoms. The van der Waals surface area contributed by atoms with Crippen LogP contribution in [0.15, 0.2) is 54.6 Å². The molecule has 2 N–H and O–H groups in total. The van der Waals surface area contributed by atoms with E-state index in [0.29, 0.717) is 11.1 Å². The summed E-state index contributed by atoms with van der Waals surface area (Å²) in [6.45, 7) is -0.00203. The van der Waals surface area contributed by atoms with E-state index in [1.165, 1.54) is 48.6 Å². The number of hydrogen-bond donors (Lipinski definition) is 2. The first kappa shape index (κ1) is 15.9. The van der Waals surface area contributed by atoms with Gasteiger partial charge >= 0.3 is 0 Å². The maximum atomic E-state index is 13.0. The summed E-state index contributed by atoms with van der Waals surface area (Å²) < 4.78 is 25.7. The number of aliphatic hydroxyl groups is 1. The smallest absolute Gasteiger partial charge is 0.244 e. The van der Waals surface area contributed by atoms with Crippen LogP contribution in [0.25, 0.3) is 6.08 Å². The zero-order valence-electron chi connectivity index (χ0n) is 11.7. The predicted octanol–water partition coefficient (Wildman–Crippen LogP) is 2.83. The highest BCUT2D eigenvalue weighted by molar-refractivity contribution is 5.91. The number of amides is 1. The van der Waals surface area contributed by atoms with Gasteiger partial charge in [0.05, 0.1) is 6.10 Å². The Labute approximate surface area is 126 Å². The Kier molecular flexibility index (Phi) is 5.38. The molecule has 1 unspecified atom stereocenters. The van der Waals surface area contributed by atoms with Crippen molar-refractivity contribution in [3.8, 4) is 0 Å². The van der Waals surface area contributed by atoms with Crippen LogP contribution in [-0.2, 0) is 4.79 Å². The van der Waals surface area contributed by atoms with Crippen LogP contribution in [0, 0.1) is 11.6 Å².